The van der Waals surface area contributed by atoms with E-state index in [9.17, 15) is 9.59 Å². The van der Waals surface area contributed by atoms with Crippen LogP contribution in [0, 0.1) is 6.92 Å². The van der Waals surface area contributed by atoms with Crippen LogP contribution in [0.25, 0.3) is 0 Å². The molecule has 2 amide bonds. The SMILES string of the molecule is Cc1ccccc1CC(=O)N1CCCN(C(=O)COc2ccccc2)CC1. The molecule has 0 radical (unpaired) electrons. The summed E-state index contributed by atoms with van der Waals surface area (Å²) in [5, 5.41) is 0. The van der Waals surface area contributed by atoms with Crippen LogP contribution in [0.2, 0.25) is 0 Å². The molecule has 0 bridgehead atoms. The van der Waals surface area contributed by atoms with Gasteiger partial charge in [0.1, 0.15) is 5.75 Å². The van der Waals surface area contributed by atoms with Crippen molar-refractivity contribution >= 4 is 11.8 Å². The van der Waals surface area contributed by atoms with Gasteiger partial charge in [0.05, 0.1) is 6.42 Å². The van der Waals surface area contributed by atoms with Crippen molar-refractivity contribution < 1.29 is 14.3 Å². The minimum Gasteiger partial charge on any atom is -0.484 e. The van der Waals surface area contributed by atoms with Crippen molar-refractivity contribution in [1.29, 1.82) is 0 Å². The third-order valence-corrected chi connectivity index (χ3v) is 4.91. The van der Waals surface area contributed by atoms with Gasteiger partial charge in [-0.05, 0) is 36.6 Å². The van der Waals surface area contributed by atoms with Crippen LogP contribution in [-0.2, 0) is 16.0 Å². The molecule has 0 aromatic heterocycles. The van der Waals surface area contributed by atoms with Gasteiger partial charge in [-0.25, -0.2) is 0 Å². The summed E-state index contributed by atoms with van der Waals surface area (Å²) < 4.78 is 5.56. The van der Waals surface area contributed by atoms with E-state index in [2.05, 4.69) is 0 Å². The summed E-state index contributed by atoms with van der Waals surface area (Å²) in [6.45, 7) is 4.52. The number of ether oxygens (including phenoxy) is 1. The summed E-state index contributed by atoms with van der Waals surface area (Å²) in [5.74, 6) is 0.780. The maximum atomic E-state index is 12.7. The number of carbonyl (C=O) groups is 2. The molecule has 0 N–H and O–H groups in total. The maximum absolute atomic E-state index is 12.7. The van der Waals surface area contributed by atoms with E-state index in [1.54, 1.807) is 4.90 Å². The molecule has 1 heterocycles. The molecule has 1 aliphatic rings. The summed E-state index contributed by atoms with van der Waals surface area (Å²) in [5.41, 5.74) is 2.20. The molecule has 1 fully saturated rings. The Kier molecular flexibility index (Phi) is 6.47. The zero-order valence-corrected chi connectivity index (χ0v) is 15.8. The molecule has 2 aromatic rings. The van der Waals surface area contributed by atoms with Crippen molar-refractivity contribution in [1.82, 2.24) is 9.80 Å². The molecule has 0 aliphatic carbocycles. The number of hydrogen-bond donors (Lipinski definition) is 0. The van der Waals surface area contributed by atoms with Crippen molar-refractivity contribution in [3.8, 4) is 5.75 Å². The Morgan fingerprint density at radius 2 is 1.48 bits per heavy atom. The van der Waals surface area contributed by atoms with Gasteiger partial charge in [0.2, 0.25) is 5.91 Å². The van der Waals surface area contributed by atoms with Gasteiger partial charge in [0.15, 0.2) is 6.61 Å². The molecule has 3 rings (SSSR count). The average Bonchev–Trinajstić information content (AvgIpc) is 2.95. The number of rotatable bonds is 5. The highest BCUT2D eigenvalue weighted by atomic mass is 16.5. The van der Waals surface area contributed by atoms with E-state index < -0.39 is 0 Å². The fourth-order valence-corrected chi connectivity index (χ4v) is 3.25. The first-order valence-electron chi connectivity index (χ1n) is 9.41. The number of carbonyl (C=O) groups excluding carboxylic acids is 2. The molecular formula is C22H26N2O3. The predicted molar refractivity (Wildman–Crippen MR) is 105 cm³/mol. The van der Waals surface area contributed by atoms with Crippen molar-refractivity contribution in [2.45, 2.75) is 19.8 Å². The van der Waals surface area contributed by atoms with Crippen LogP contribution in [0.5, 0.6) is 5.75 Å². The topological polar surface area (TPSA) is 49.9 Å². The highest BCUT2D eigenvalue weighted by molar-refractivity contribution is 5.80. The molecule has 27 heavy (non-hydrogen) atoms. The highest BCUT2D eigenvalue weighted by Gasteiger charge is 2.22. The first-order chi connectivity index (χ1) is 13.1. The van der Waals surface area contributed by atoms with Gasteiger partial charge < -0.3 is 14.5 Å². The minimum absolute atomic E-state index is 0.0289. The summed E-state index contributed by atoms with van der Waals surface area (Å²) in [7, 11) is 0. The Hall–Kier alpha value is -2.82. The Bertz CT molecular complexity index is 776. The molecule has 5 nitrogen and oxygen atoms in total. The number of amides is 2. The Morgan fingerprint density at radius 3 is 2.19 bits per heavy atom. The van der Waals surface area contributed by atoms with Crippen LogP contribution in [0.15, 0.2) is 54.6 Å². The van der Waals surface area contributed by atoms with Crippen molar-refractivity contribution in [3.63, 3.8) is 0 Å². The molecule has 0 spiro atoms. The van der Waals surface area contributed by atoms with Gasteiger partial charge in [-0.2, -0.15) is 0 Å². The van der Waals surface area contributed by atoms with Crippen LogP contribution in [0.4, 0.5) is 0 Å². The lowest BCUT2D eigenvalue weighted by Crippen LogP contribution is -2.39. The molecule has 1 aliphatic heterocycles. The quantitative estimate of drug-likeness (QED) is 0.817. The number of hydrogen-bond acceptors (Lipinski definition) is 3. The second kappa shape index (κ2) is 9.21. The summed E-state index contributed by atoms with van der Waals surface area (Å²) >= 11 is 0. The number of nitrogens with zero attached hydrogens (tertiary/aromatic N) is 2. The molecule has 5 heteroatoms. The third-order valence-electron chi connectivity index (χ3n) is 4.91. The monoisotopic (exact) mass is 366 g/mol. The van der Waals surface area contributed by atoms with E-state index in [1.807, 2.05) is 66.4 Å². The van der Waals surface area contributed by atoms with Gasteiger partial charge in [-0.15, -0.1) is 0 Å². The smallest absolute Gasteiger partial charge is 0.260 e. The number of para-hydroxylation sites is 1. The largest absolute Gasteiger partial charge is 0.484 e. The lowest BCUT2D eigenvalue weighted by molar-refractivity contribution is -0.134. The molecular weight excluding hydrogens is 340 g/mol. The number of aryl methyl sites for hydroxylation is 1. The van der Waals surface area contributed by atoms with Crippen LogP contribution < -0.4 is 4.74 Å². The van der Waals surface area contributed by atoms with Gasteiger partial charge in [-0.3, -0.25) is 9.59 Å². The second-order valence-corrected chi connectivity index (χ2v) is 6.82. The third kappa shape index (κ3) is 5.33. The van der Waals surface area contributed by atoms with E-state index in [0.29, 0.717) is 38.3 Å². The van der Waals surface area contributed by atoms with Crippen LogP contribution in [0.1, 0.15) is 17.5 Å². The molecule has 142 valence electrons. The van der Waals surface area contributed by atoms with Crippen LogP contribution >= 0.6 is 0 Å². The maximum Gasteiger partial charge on any atom is 0.260 e. The average molecular weight is 366 g/mol. The second-order valence-electron chi connectivity index (χ2n) is 6.82. The van der Waals surface area contributed by atoms with E-state index in [4.69, 9.17) is 4.74 Å². The van der Waals surface area contributed by atoms with Crippen molar-refractivity contribution in [3.05, 3.63) is 65.7 Å². The fraction of sp³-hybridized carbons (Fsp3) is 0.364. The Labute approximate surface area is 160 Å². The first kappa shape index (κ1) is 19.0. The highest BCUT2D eigenvalue weighted by Crippen LogP contribution is 2.12. The Balaban J connectivity index is 1.50. The van der Waals surface area contributed by atoms with Gasteiger partial charge in [0, 0.05) is 26.2 Å². The summed E-state index contributed by atoms with van der Waals surface area (Å²) in [4.78, 5) is 28.8. The van der Waals surface area contributed by atoms with Crippen LogP contribution in [-0.4, -0.2) is 54.4 Å². The van der Waals surface area contributed by atoms with Gasteiger partial charge in [-0.1, -0.05) is 42.5 Å². The lowest BCUT2D eigenvalue weighted by atomic mass is 10.1. The van der Waals surface area contributed by atoms with Crippen molar-refractivity contribution in [2.75, 3.05) is 32.8 Å². The normalized spacial score (nSPS) is 14.6. The van der Waals surface area contributed by atoms with Gasteiger partial charge >= 0.3 is 0 Å². The van der Waals surface area contributed by atoms with E-state index in [1.165, 1.54) is 0 Å². The molecule has 2 aromatic carbocycles. The van der Waals surface area contributed by atoms with E-state index in [-0.39, 0.29) is 18.4 Å². The number of benzene rings is 2. The van der Waals surface area contributed by atoms with Crippen molar-refractivity contribution in [2.24, 2.45) is 0 Å². The molecule has 1 saturated heterocycles. The molecule has 0 saturated carbocycles. The zero-order chi connectivity index (χ0) is 19.1. The Morgan fingerprint density at radius 1 is 0.852 bits per heavy atom. The minimum atomic E-state index is -0.0351. The summed E-state index contributed by atoms with van der Waals surface area (Å²) in [6, 6.07) is 17.3. The summed E-state index contributed by atoms with van der Waals surface area (Å²) in [6.07, 6.45) is 1.20. The van der Waals surface area contributed by atoms with Crippen LogP contribution in [0.3, 0.4) is 0 Å². The lowest BCUT2D eigenvalue weighted by Gasteiger charge is -2.22. The fourth-order valence-electron chi connectivity index (χ4n) is 3.25. The molecule has 0 unspecified atom stereocenters. The zero-order valence-electron chi connectivity index (χ0n) is 15.8. The van der Waals surface area contributed by atoms with E-state index in [0.717, 1.165) is 17.5 Å². The standard InChI is InChI=1S/C22H26N2O3/c1-18-8-5-6-9-19(18)16-21(25)23-12-7-13-24(15-14-23)22(26)17-27-20-10-3-2-4-11-20/h2-6,8-11H,7,12-17H2,1H3. The molecule has 0 atom stereocenters. The van der Waals surface area contributed by atoms with E-state index >= 15 is 0 Å². The first-order valence-corrected chi connectivity index (χ1v) is 9.41. The van der Waals surface area contributed by atoms with Gasteiger partial charge in [0.25, 0.3) is 5.91 Å². The predicted octanol–water partition coefficient (Wildman–Crippen LogP) is 2.68.